The molecule has 0 spiro atoms. The lowest BCUT2D eigenvalue weighted by Crippen LogP contribution is -2.26. The van der Waals surface area contributed by atoms with Gasteiger partial charge in [0.05, 0.1) is 10.8 Å². The quantitative estimate of drug-likeness (QED) is 0.896. The second-order valence-electron chi connectivity index (χ2n) is 5.45. The van der Waals surface area contributed by atoms with E-state index in [9.17, 15) is 4.21 Å². The van der Waals surface area contributed by atoms with Gasteiger partial charge in [-0.05, 0) is 29.5 Å². The molecule has 1 rings (SSSR count). The number of benzene rings is 1. The molecule has 3 heteroatoms. The highest BCUT2D eigenvalue weighted by atomic mass is 32.2. The minimum atomic E-state index is -0.973. The van der Waals surface area contributed by atoms with Gasteiger partial charge >= 0.3 is 0 Å². The van der Waals surface area contributed by atoms with Crippen molar-refractivity contribution < 1.29 is 4.21 Å². The Labute approximate surface area is 107 Å². The zero-order chi connectivity index (χ0) is 13.1. The van der Waals surface area contributed by atoms with Gasteiger partial charge in [-0.25, -0.2) is 0 Å². The van der Waals surface area contributed by atoms with Crippen molar-refractivity contribution in [3.05, 3.63) is 29.8 Å². The molecule has 2 N–H and O–H groups in total. The van der Waals surface area contributed by atoms with Crippen LogP contribution in [-0.2, 0) is 16.2 Å². The highest BCUT2D eigenvalue weighted by Gasteiger charge is 2.14. The molecule has 0 fully saturated rings. The van der Waals surface area contributed by atoms with Gasteiger partial charge in [-0.2, -0.15) is 0 Å². The van der Waals surface area contributed by atoms with Gasteiger partial charge in [-0.3, -0.25) is 4.21 Å². The first-order chi connectivity index (χ1) is 7.84. The van der Waals surface area contributed by atoms with E-state index in [4.69, 9.17) is 5.73 Å². The maximum atomic E-state index is 12.0. The Bertz CT molecular complexity index is 378. The number of rotatable bonds is 4. The molecule has 0 radical (unpaired) electrons. The van der Waals surface area contributed by atoms with Gasteiger partial charge in [-0.15, -0.1) is 0 Å². The van der Waals surface area contributed by atoms with Gasteiger partial charge in [0, 0.05) is 16.7 Å². The van der Waals surface area contributed by atoms with E-state index < -0.39 is 10.8 Å². The van der Waals surface area contributed by atoms with Gasteiger partial charge in [0.1, 0.15) is 0 Å². The molecule has 2 nitrogen and oxygen atoms in total. The molecule has 1 aromatic carbocycles. The van der Waals surface area contributed by atoms with Crippen LogP contribution in [0.3, 0.4) is 0 Å². The van der Waals surface area contributed by atoms with E-state index in [0.717, 1.165) is 11.3 Å². The molecule has 96 valence electrons. The Morgan fingerprint density at radius 3 is 2.18 bits per heavy atom. The summed E-state index contributed by atoms with van der Waals surface area (Å²) < 4.78 is 12.0. The molecule has 0 aliphatic heterocycles. The summed E-state index contributed by atoms with van der Waals surface area (Å²) in [6.07, 6.45) is 0.867. The Morgan fingerprint density at radius 2 is 1.76 bits per heavy atom. The van der Waals surface area contributed by atoms with Crippen LogP contribution in [0.2, 0.25) is 0 Å². The standard InChI is InChI=1S/C14H23NOS/c1-5-12(15)10-17(16)13-8-6-11(7-9-13)14(2,3)4/h6-9,12H,5,10,15H2,1-4H3. The molecule has 0 heterocycles. The van der Waals surface area contributed by atoms with E-state index in [1.54, 1.807) is 0 Å². The molecule has 0 saturated heterocycles. The maximum absolute atomic E-state index is 12.0. The Balaban J connectivity index is 2.78. The predicted molar refractivity (Wildman–Crippen MR) is 74.7 cm³/mol. The number of nitrogens with two attached hydrogens (primary N) is 1. The average molecular weight is 253 g/mol. The van der Waals surface area contributed by atoms with Gasteiger partial charge in [0.2, 0.25) is 0 Å². The molecule has 0 saturated carbocycles. The van der Waals surface area contributed by atoms with Crippen LogP contribution >= 0.6 is 0 Å². The molecule has 0 aromatic heterocycles. The smallest absolute Gasteiger partial charge is 0.0545 e. The summed E-state index contributed by atoms with van der Waals surface area (Å²) in [5.74, 6) is 0.547. The summed E-state index contributed by atoms with van der Waals surface area (Å²) in [6.45, 7) is 8.54. The summed E-state index contributed by atoms with van der Waals surface area (Å²) in [5, 5.41) is 0. The first-order valence-electron chi connectivity index (χ1n) is 6.09. The van der Waals surface area contributed by atoms with Gasteiger partial charge in [0.15, 0.2) is 0 Å². The molecule has 2 atom stereocenters. The molecule has 0 amide bonds. The average Bonchev–Trinajstić information content (AvgIpc) is 2.27. The maximum Gasteiger partial charge on any atom is 0.0545 e. The molecule has 17 heavy (non-hydrogen) atoms. The summed E-state index contributed by atoms with van der Waals surface area (Å²) >= 11 is 0. The van der Waals surface area contributed by atoms with E-state index in [0.29, 0.717) is 5.75 Å². The van der Waals surface area contributed by atoms with Crippen molar-refractivity contribution >= 4 is 10.8 Å². The minimum Gasteiger partial charge on any atom is -0.327 e. The van der Waals surface area contributed by atoms with E-state index in [-0.39, 0.29) is 11.5 Å². The lowest BCUT2D eigenvalue weighted by atomic mass is 9.87. The SMILES string of the molecule is CCC(N)CS(=O)c1ccc(C(C)(C)C)cc1. The largest absolute Gasteiger partial charge is 0.327 e. The number of hydrogen-bond acceptors (Lipinski definition) is 2. The molecule has 0 aliphatic rings. The van der Waals surface area contributed by atoms with Crippen molar-refractivity contribution in [3.63, 3.8) is 0 Å². The monoisotopic (exact) mass is 253 g/mol. The van der Waals surface area contributed by atoms with Crippen molar-refractivity contribution in [2.45, 2.75) is 50.5 Å². The van der Waals surface area contributed by atoms with Crippen LogP contribution in [0.25, 0.3) is 0 Å². The Kier molecular flexibility index (Phi) is 4.90. The topological polar surface area (TPSA) is 43.1 Å². The van der Waals surface area contributed by atoms with Crippen LogP contribution in [0.5, 0.6) is 0 Å². The van der Waals surface area contributed by atoms with Gasteiger partial charge in [-0.1, -0.05) is 39.8 Å². The van der Waals surface area contributed by atoms with Crippen molar-refractivity contribution in [2.75, 3.05) is 5.75 Å². The second kappa shape index (κ2) is 5.78. The third kappa shape index (κ3) is 4.25. The highest BCUT2D eigenvalue weighted by molar-refractivity contribution is 7.85. The zero-order valence-electron chi connectivity index (χ0n) is 11.2. The fourth-order valence-corrected chi connectivity index (χ4v) is 2.77. The van der Waals surface area contributed by atoms with E-state index in [1.807, 2.05) is 19.1 Å². The van der Waals surface area contributed by atoms with Crippen LogP contribution in [0, 0.1) is 0 Å². The summed E-state index contributed by atoms with van der Waals surface area (Å²) in [4.78, 5) is 0.877. The van der Waals surface area contributed by atoms with Crippen molar-refractivity contribution in [1.82, 2.24) is 0 Å². The van der Waals surface area contributed by atoms with E-state index >= 15 is 0 Å². The lowest BCUT2D eigenvalue weighted by molar-refractivity contribution is 0.589. The van der Waals surface area contributed by atoms with Gasteiger partial charge < -0.3 is 5.73 Å². The zero-order valence-corrected chi connectivity index (χ0v) is 12.0. The third-order valence-electron chi connectivity index (χ3n) is 2.87. The second-order valence-corrected chi connectivity index (χ2v) is 6.95. The molecular formula is C14H23NOS. The number of hydrogen-bond donors (Lipinski definition) is 1. The molecular weight excluding hydrogens is 230 g/mol. The van der Waals surface area contributed by atoms with Crippen molar-refractivity contribution in [3.8, 4) is 0 Å². The van der Waals surface area contributed by atoms with E-state index in [1.165, 1.54) is 5.56 Å². The predicted octanol–water partition coefficient (Wildman–Crippen LogP) is 2.83. The summed E-state index contributed by atoms with van der Waals surface area (Å²) in [7, 11) is -0.973. The van der Waals surface area contributed by atoms with Crippen molar-refractivity contribution in [1.29, 1.82) is 0 Å². The first-order valence-corrected chi connectivity index (χ1v) is 7.41. The summed E-state index contributed by atoms with van der Waals surface area (Å²) in [6, 6.07) is 8.06. The van der Waals surface area contributed by atoms with E-state index in [2.05, 4.69) is 32.9 Å². The molecule has 2 unspecified atom stereocenters. The Hall–Kier alpha value is -0.670. The summed E-state index contributed by atoms with van der Waals surface area (Å²) in [5.41, 5.74) is 7.22. The third-order valence-corrected chi connectivity index (χ3v) is 4.40. The highest BCUT2D eigenvalue weighted by Crippen LogP contribution is 2.23. The lowest BCUT2D eigenvalue weighted by Gasteiger charge is -2.19. The van der Waals surface area contributed by atoms with Gasteiger partial charge in [0.25, 0.3) is 0 Å². The Morgan fingerprint density at radius 1 is 1.24 bits per heavy atom. The van der Waals surface area contributed by atoms with Crippen LogP contribution in [-0.4, -0.2) is 16.0 Å². The van der Waals surface area contributed by atoms with Crippen LogP contribution < -0.4 is 5.73 Å². The minimum absolute atomic E-state index is 0.0260. The van der Waals surface area contributed by atoms with Crippen LogP contribution in [0.15, 0.2) is 29.2 Å². The van der Waals surface area contributed by atoms with Crippen LogP contribution in [0.4, 0.5) is 0 Å². The van der Waals surface area contributed by atoms with Crippen molar-refractivity contribution in [2.24, 2.45) is 5.73 Å². The fraction of sp³-hybridized carbons (Fsp3) is 0.571. The first kappa shape index (κ1) is 14.4. The van der Waals surface area contributed by atoms with Crippen LogP contribution in [0.1, 0.15) is 39.7 Å². The normalized spacial score (nSPS) is 15.6. The molecule has 1 aromatic rings. The molecule has 0 aliphatic carbocycles. The fourth-order valence-electron chi connectivity index (χ4n) is 1.52. The molecule has 0 bridgehead atoms.